The van der Waals surface area contributed by atoms with Crippen LogP contribution in [0.25, 0.3) is 10.2 Å². The molecule has 0 amide bonds. The van der Waals surface area contributed by atoms with E-state index in [0.29, 0.717) is 5.28 Å². The number of hydrogen-bond acceptors (Lipinski definition) is 5. The lowest BCUT2D eigenvalue weighted by Crippen LogP contribution is -2.57. The van der Waals surface area contributed by atoms with E-state index in [-0.39, 0.29) is 5.54 Å². The third-order valence-corrected chi connectivity index (χ3v) is 5.20. The molecule has 1 fully saturated rings. The summed E-state index contributed by atoms with van der Waals surface area (Å²) in [4.78, 5) is 15.8. The molecule has 0 bridgehead atoms. The summed E-state index contributed by atoms with van der Waals surface area (Å²) in [7, 11) is 2.18. The van der Waals surface area contributed by atoms with Gasteiger partial charge in [0.15, 0.2) is 0 Å². The van der Waals surface area contributed by atoms with Gasteiger partial charge < -0.3 is 4.90 Å². The quantitative estimate of drug-likeness (QED) is 0.757. The Morgan fingerprint density at radius 2 is 2.05 bits per heavy atom. The van der Waals surface area contributed by atoms with Gasteiger partial charge in [-0.3, -0.25) is 4.90 Å². The second-order valence-electron chi connectivity index (χ2n) is 6.05. The standard InChI is InChI=1S/C14H19ClN4S/c1-9-7-10-11(16-13(15)17-12(10)20-9)19-6-5-18(4)14(2,3)8-19/h7H,5-6,8H2,1-4H3. The number of anilines is 1. The van der Waals surface area contributed by atoms with Gasteiger partial charge in [-0.25, -0.2) is 4.98 Å². The fourth-order valence-electron chi connectivity index (χ4n) is 2.66. The minimum absolute atomic E-state index is 0.132. The fraction of sp³-hybridized carbons (Fsp3) is 0.571. The number of likely N-dealkylation sites (N-methyl/N-ethyl adjacent to an activating group) is 1. The summed E-state index contributed by atoms with van der Waals surface area (Å²) < 4.78 is 0. The molecule has 20 heavy (non-hydrogen) atoms. The van der Waals surface area contributed by atoms with Crippen molar-refractivity contribution in [3.05, 3.63) is 16.2 Å². The molecule has 108 valence electrons. The molecule has 0 unspecified atom stereocenters. The number of hydrogen-bond donors (Lipinski definition) is 0. The number of aryl methyl sites for hydroxylation is 1. The second kappa shape index (κ2) is 4.83. The van der Waals surface area contributed by atoms with Crippen LogP contribution in [-0.2, 0) is 0 Å². The highest BCUT2D eigenvalue weighted by Crippen LogP contribution is 2.33. The summed E-state index contributed by atoms with van der Waals surface area (Å²) in [6.07, 6.45) is 0. The summed E-state index contributed by atoms with van der Waals surface area (Å²) in [5.74, 6) is 0.977. The van der Waals surface area contributed by atoms with Crippen molar-refractivity contribution < 1.29 is 0 Å². The van der Waals surface area contributed by atoms with Crippen molar-refractivity contribution in [3.8, 4) is 0 Å². The predicted molar refractivity (Wildman–Crippen MR) is 86.1 cm³/mol. The zero-order valence-electron chi connectivity index (χ0n) is 12.3. The molecule has 2 aromatic heterocycles. The highest BCUT2D eigenvalue weighted by atomic mass is 35.5. The highest BCUT2D eigenvalue weighted by molar-refractivity contribution is 7.18. The van der Waals surface area contributed by atoms with Gasteiger partial charge in [-0.05, 0) is 45.5 Å². The lowest BCUT2D eigenvalue weighted by molar-refractivity contribution is 0.138. The first kappa shape index (κ1) is 14.0. The van der Waals surface area contributed by atoms with Crippen LogP contribution in [0.1, 0.15) is 18.7 Å². The molecule has 0 aromatic carbocycles. The Morgan fingerprint density at radius 3 is 2.75 bits per heavy atom. The molecule has 0 saturated carbocycles. The number of aromatic nitrogens is 2. The summed E-state index contributed by atoms with van der Waals surface area (Å²) >= 11 is 7.77. The molecule has 6 heteroatoms. The van der Waals surface area contributed by atoms with Crippen LogP contribution < -0.4 is 4.90 Å². The first-order chi connectivity index (χ1) is 9.37. The number of halogens is 1. The van der Waals surface area contributed by atoms with Gasteiger partial charge in [-0.1, -0.05) is 0 Å². The normalized spacial score (nSPS) is 19.8. The molecular weight excluding hydrogens is 292 g/mol. The van der Waals surface area contributed by atoms with Gasteiger partial charge in [0.2, 0.25) is 5.28 Å². The Bertz CT molecular complexity index is 652. The average Bonchev–Trinajstić information content (AvgIpc) is 2.71. The highest BCUT2D eigenvalue weighted by Gasteiger charge is 2.32. The molecule has 0 atom stereocenters. The Balaban J connectivity index is 2.06. The molecule has 2 aromatic rings. The maximum absolute atomic E-state index is 6.10. The average molecular weight is 311 g/mol. The molecule has 0 radical (unpaired) electrons. The number of nitrogens with zero attached hydrogens (tertiary/aromatic N) is 4. The van der Waals surface area contributed by atoms with E-state index in [1.54, 1.807) is 11.3 Å². The van der Waals surface area contributed by atoms with E-state index in [0.717, 1.165) is 35.7 Å². The predicted octanol–water partition coefficient (Wildman–Crippen LogP) is 3.18. The molecule has 4 nitrogen and oxygen atoms in total. The summed E-state index contributed by atoms with van der Waals surface area (Å²) in [6.45, 7) is 9.56. The van der Waals surface area contributed by atoms with E-state index in [1.165, 1.54) is 4.88 Å². The van der Waals surface area contributed by atoms with Crippen molar-refractivity contribution in [1.82, 2.24) is 14.9 Å². The van der Waals surface area contributed by atoms with Gasteiger partial charge in [0.25, 0.3) is 0 Å². The first-order valence-corrected chi connectivity index (χ1v) is 7.96. The van der Waals surface area contributed by atoms with Gasteiger partial charge >= 0.3 is 0 Å². The van der Waals surface area contributed by atoms with Crippen molar-refractivity contribution in [2.45, 2.75) is 26.3 Å². The Morgan fingerprint density at radius 1 is 1.30 bits per heavy atom. The molecule has 0 spiro atoms. The monoisotopic (exact) mass is 310 g/mol. The molecule has 3 rings (SSSR count). The summed E-state index contributed by atoms with van der Waals surface area (Å²) in [5.41, 5.74) is 0.132. The topological polar surface area (TPSA) is 32.3 Å². The maximum Gasteiger partial charge on any atom is 0.225 e. The molecule has 1 aliphatic rings. The first-order valence-electron chi connectivity index (χ1n) is 6.77. The molecule has 1 aliphatic heterocycles. The van der Waals surface area contributed by atoms with Crippen LogP contribution in [0.4, 0.5) is 5.82 Å². The van der Waals surface area contributed by atoms with Crippen LogP contribution >= 0.6 is 22.9 Å². The van der Waals surface area contributed by atoms with E-state index in [9.17, 15) is 0 Å². The molecule has 0 aliphatic carbocycles. The van der Waals surface area contributed by atoms with E-state index in [4.69, 9.17) is 11.6 Å². The van der Waals surface area contributed by atoms with Gasteiger partial charge in [0.05, 0.1) is 5.39 Å². The second-order valence-corrected chi connectivity index (χ2v) is 7.62. The lowest BCUT2D eigenvalue weighted by Gasteiger charge is -2.45. The molecular formula is C14H19ClN4S. The number of thiophene rings is 1. The zero-order chi connectivity index (χ0) is 14.5. The van der Waals surface area contributed by atoms with Gasteiger partial charge in [-0.15, -0.1) is 11.3 Å². The van der Waals surface area contributed by atoms with Crippen molar-refractivity contribution in [2.75, 3.05) is 31.6 Å². The Hall–Kier alpha value is -0.910. The van der Waals surface area contributed by atoms with E-state index >= 15 is 0 Å². The SMILES string of the molecule is Cc1cc2c(N3CCN(C)C(C)(C)C3)nc(Cl)nc2s1. The van der Waals surface area contributed by atoms with Crippen LogP contribution in [0.3, 0.4) is 0 Å². The van der Waals surface area contributed by atoms with Crippen LogP contribution in [-0.4, -0.2) is 47.1 Å². The van der Waals surface area contributed by atoms with Gasteiger partial charge in [0.1, 0.15) is 10.6 Å². The van der Waals surface area contributed by atoms with E-state index < -0.39 is 0 Å². The Labute approximate surface area is 128 Å². The van der Waals surface area contributed by atoms with Crippen molar-refractivity contribution >= 4 is 39.0 Å². The summed E-state index contributed by atoms with van der Waals surface area (Å²) in [5, 5.41) is 1.46. The van der Waals surface area contributed by atoms with Gasteiger partial charge in [-0.2, -0.15) is 4.98 Å². The molecule has 3 heterocycles. The minimum atomic E-state index is 0.132. The van der Waals surface area contributed by atoms with Crippen molar-refractivity contribution in [1.29, 1.82) is 0 Å². The fourth-order valence-corrected chi connectivity index (χ4v) is 3.75. The van der Waals surface area contributed by atoms with Crippen LogP contribution in [0.15, 0.2) is 6.07 Å². The van der Waals surface area contributed by atoms with E-state index in [2.05, 4.69) is 53.7 Å². The smallest absolute Gasteiger partial charge is 0.225 e. The lowest BCUT2D eigenvalue weighted by atomic mass is 9.99. The van der Waals surface area contributed by atoms with E-state index in [1.807, 2.05) is 0 Å². The Kier molecular flexibility index (Phi) is 3.39. The molecule has 0 N–H and O–H groups in total. The van der Waals surface area contributed by atoms with Crippen molar-refractivity contribution in [3.63, 3.8) is 0 Å². The molecule has 1 saturated heterocycles. The number of rotatable bonds is 1. The van der Waals surface area contributed by atoms with Crippen LogP contribution in [0, 0.1) is 6.92 Å². The van der Waals surface area contributed by atoms with Gasteiger partial charge in [0, 0.05) is 30.1 Å². The summed E-state index contributed by atoms with van der Waals surface area (Å²) in [6, 6.07) is 2.16. The maximum atomic E-state index is 6.10. The van der Waals surface area contributed by atoms with Crippen LogP contribution in [0.5, 0.6) is 0 Å². The zero-order valence-corrected chi connectivity index (χ0v) is 13.8. The van der Waals surface area contributed by atoms with Crippen molar-refractivity contribution in [2.24, 2.45) is 0 Å². The third-order valence-electron chi connectivity index (χ3n) is 4.08. The minimum Gasteiger partial charge on any atom is -0.353 e. The number of piperazine rings is 1. The van der Waals surface area contributed by atoms with Crippen LogP contribution in [0.2, 0.25) is 5.28 Å². The third kappa shape index (κ3) is 2.38. The largest absolute Gasteiger partial charge is 0.353 e. The number of fused-ring (bicyclic) bond motifs is 1.